The molecule has 1 nitrogen and oxygen atoms in total. The van der Waals surface area contributed by atoms with Gasteiger partial charge >= 0.3 is 0 Å². The largest absolute Gasteiger partial charge is 0.497 e. The van der Waals surface area contributed by atoms with Crippen molar-refractivity contribution in [3.05, 3.63) is 64.2 Å². The molecule has 20 heavy (non-hydrogen) atoms. The van der Waals surface area contributed by atoms with E-state index in [1.165, 1.54) is 27.8 Å². The third-order valence-corrected chi connectivity index (χ3v) is 4.54. The Morgan fingerprint density at radius 2 is 1.75 bits per heavy atom. The van der Waals surface area contributed by atoms with Crippen molar-refractivity contribution in [2.24, 2.45) is 0 Å². The Morgan fingerprint density at radius 1 is 1.00 bits per heavy atom. The van der Waals surface area contributed by atoms with Gasteiger partial charge in [-0.25, -0.2) is 0 Å². The fourth-order valence-corrected chi connectivity index (χ4v) is 3.31. The SMILES string of the molecule is COc1ccc(C(Br)Cc2cc(C)ccc2C)c(C)c1. The van der Waals surface area contributed by atoms with Gasteiger partial charge in [-0.05, 0) is 61.6 Å². The first-order valence-electron chi connectivity index (χ1n) is 6.86. The summed E-state index contributed by atoms with van der Waals surface area (Å²) in [6.07, 6.45) is 1.00. The number of benzene rings is 2. The van der Waals surface area contributed by atoms with Crippen molar-refractivity contribution in [2.75, 3.05) is 7.11 Å². The molecule has 106 valence electrons. The Morgan fingerprint density at radius 3 is 2.40 bits per heavy atom. The molecule has 2 aromatic rings. The molecule has 0 N–H and O–H groups in total. The van der Waals surface area contributed by atoms with E-state index in [0.717, 1.165) is 12.2 Å². The van der Waals surface area contributed by atoms with E-state index < -0.39 is 0 Å². The van der Waals surface area contributed by atoms with Gasteiger partial charge < -0.3 is 4.74 Å². The molecule has 0 amide bonds. The maximum atomic E-state index is 5.27. The van der Waals surface area contributed by atoms with Crippen LogP contribution in [0.1, 0.15) is 32.6 Å². The Labute approximate surface area is 130 Å². The summed E-state index contributed by atoms with van der Waals surface area (Å²) in [5.74, 6) is 0.915. The minimum atomic E-state index is 0.328. The average Bonchev–Trinajstić information content (AvgIpc) is 2.42. The van der Waals surface area contributed by atoms with Gasteiger partial charge in [-0.15, -0.1) is 0 Å². The van der Waals surface area contributed by atoms with Gasteiger partial charge in [0.05, 0.1) is 7.11 Å². The molecular weight excluding hydrogens is 312 g/mol. The normalized spacial score (nSPS) is 12.2. The second kappa shape index (κ2) is 6.45. The van der Waals surface area contributed by atoms with Gasteiger partial charge in [0, 0.05) is 4.83 Å². The number of aryl methyl sites for hydroxylation is 3. The lowest BCUT2D eigenvalue weighted by Crippen LogP contribution is -2.00. The van der Waals surface area contributed by atoms with E-state index in [1.807, 2.05) is 6.07 Å². The number of ether oxygens (including phenoxy) is 1. The van der Waals surface area contributed by atoms with Crippen LogP contribution >= 0.6 is 15.9 Å². The Balaban J connectivity index is 2.23. The first kappa shape index (κ1) is 15.1. The zero-order valence-electron chi connectivity index (χ0n) is 12.5. The van der Waals surface area contributed by atoms with Crippen LogP contribution in [0.5, 0.6) is 5.75 Å². The van der Waals surface area contributed by atoms with Gasteiger partial charge in [0.2, 0.25) is 0 Å². The molecule has 0 spiro atoms. The monoisotopic (exact) mass is 332 g/mol. The molecule has 0 heterocycles. The summed E-state index contributed by atoms with van der Waals surface area (Å²) in [4.78, 5) is 0.328. The highest BCUT2D eigenvalue weighted by molar-refractivity contribution is 9.09. The second-order valence-corrected chi connectivity index (χ2v) is 6.43. The summed E-state index contributed by atoms with van der Waals surface area (Å²) in [5.41, 5.74) is 6.66. The van der Waals surface area contributed by atoms with Crippen molar-refractivity contribution >= 4 is 15.9 Å². The second-order valence-electron chi connectivity index (χ2n) is 5.32. The molecule has 0 saturated heterocycles. The molecule has 0 radical (unpaired) electrons. The van der Waals surface area contributed by atoms with E-state index in [9.17, 15) is 0 Å². The van der Waals surface area contributed by atoms with E-state index >= 15 is 0 Å². The van der Waals surface area contributed by atoms with Gasteiger partial charge in [0.25, 0.3) is 0 Å². The first-order valence-corrected chi connectivity index (χ1v) is 7.77. The first-order chi connectivity index (χ1) is 9.51. The molecule has 0 aliphatic rings. The molecular formula is C18H21BrO. The van der Waals surface area contributed by atoms with Crippen LogP contribution in [-0.2, 0) is 6.42 Å². The summed E-state index contributed by atoms with van der Waals surface area (Å²) in [5, 5.41) is 0. The number of methoxy groups -OCH3 is 1. The van der Waals surface area contributed by atoms with Crippen molar-refractivity contribution in [1.82, 2.24) is 0 Å². The van der Waals surface area contributed by atoms with Crippen LogP contribution in [0, 0.1) is 20.8 Å². The van der Waals surface area contributed by atoms with Crippen molar-refractivity contribution in [1.29, 1.82) is 0 Å². The maximum Gasteiger partial charge on any atom is 0.119 e. The Kier molecular flexibility index (Phi) is 4.87. The molecule has 1 unspecified atom stereocenters. The number of halogens is 1. The summed E-state index contributed by atoms with van der Waals surface area (Å²) < 4.78 is 5.27. The molecule has 0 aromatic heterocycles. The molecule has 0 aliphatic heterocycles. The fraction of sp³-hybridized carbons (Fsp3) is 0.333. The van der Waals surface area contributed by atoms with Gasteiger partial charge in [-0.2, -0.15) is 0 Å². The zero-order chi connectivity index (χ0) is 14.7. The lowest BCUT2D eigenvalue weighted by Gasteiger charge is -2.16. The van der Waals surface area contributed by atoms with E-state index in [2.05, 4.69) is 67.0 Å². The van der Waals surface area contributed by atoms with Crippen molar-refractivity contribution in [3.8, 4) is 5.75 Å². The smallest absolute Gasteiger partial charge is 0.119 e. The fourth-order valence-electron chi connectivity index (χ4n) is 2.45. The van der Waals surface area contributed by atoms with Crippen molar-refractivity contribution in [2.45, 2.75) is 32.0 Å². The lowest BCUT2D eigenvalue weighted by molar-refractivity contribution is 0.414. The lowest BCUT2D eigenvalue weighted by atomic mass is 9.96. The Hall–Kier alpha value is -1.28. The number of alkyl halides is 1. The van der Waals surface area contributed by atoms with Gasteiger partial charge in [-0.1, -0.05) is 45.8 Å². The quantitative estimate of drug-likeness (QED) is 0.690. The zero-order valence-corrected chi connectivity index (χ0v) is 14.1. The van der Waals surface area contributed by atoms with Crippen LogP contribution in [0.3, 0.4) is 0 Å². The summed E-state index contributed by atoms with van der Waals surface area (Å²) in [6, 6.07) is 12.9. The predicted octanol–water partition coefficient (Wildman–Crippen LogP) is 5.30. The van der Waals surface area contributed by atoms with E-state index in [4.69, 9.17) is 4.74 Å². The van der Waals surface area contributed by atoms with Crippen LogP contribution in [0.2, 0.25) is 0 Å². The van der Waals surface area contributed by atoms with Gasteiger partial charge in [0.15, 0.2) is 0 Å². The third-order valence-electron chi connectivity index (χ3n) is 3.72. The molecule has 0 saturated carbocycles. The molecule has 0 aliphatic carbocycles. The number of hydrogen-bond donors (Lipinski definition) is 0. The van der Waals surface area contributed by atoms with Crippen LogP contribution in [0.15, 0.2) is 36.4 Å². The molecule has 0 fully saturated rings. The molecule has 2 aromatic carbocycles. The molecule has 1 atom stereocenters. The van der Waals surface area contributed by atoms with Gasteiger partial charge in [-0.3, -0.25) is 0 Å². The summed E-state index contributed by atoms with van der Waals surface area (Å²) >= 11 is 3.84. The minimum absolute atomic E-state index is 0.328. The van der Waals surface area contributed by atoms with Gasteiger partial charge in [0.1, 0.15) is 5.75 Å². The Bertz CT molecular complexity index is 604. The highest BCUT2D eigenvalue weighted by Crippen LogP contribution is 2.32. The molecule has 0 bridgehead atoms. The van der Waals surface area contributed by atoms with Crippen LogP contribution < -0.4 is 4.74 Å². The highest BCUT2D eigenvalue weighted by Gasteiger charge is 2.13. The average molecular weight is 333 g/mol. The van der Waals surface area contributed by atoms with Crippen LogP contribution in [-0.4, -0.2) is 7.11 Å². The number of rotatable bonds is 4. The standard InChI is InChI=1S/C18H21BrO/c1-12-5-6-13(2)15(9-12)11-18(19)17-8-7-16(20-4)10-14(17)3/h5-10,18H,11H2,1-4H3. The predicted molar refractivity (Wildman–Crippen MR) is 89.0 cm³/mol. The molecule has 2 heteroatoms. The van der Waals surface area contributed by atoms with Crippen molar-refractivity contribution < 1.29 is 4.74 Å². The summed E-state index contributed by atoms with van der Waals surface area (Å²) in [7, 11) is 1.70. The highest BCUT2D eigenvalue weighted by atomic mass is 79.9. The molecule has 2 rings (SSSR count). The van der Waals surface area contributed by atoms with Crippen LogP contribution in [0.4, 0.5) is 0 Å². The van der Waals surface area contributed by atoms with E-state index in [1.54, 1.807) is 7.11 Å². The van der Waals surface area contributed by atoms with E-state index in [0.29, 0.717) is 4.83 Å². The minimum Gasteiger partial charge on any atom is -0.497 e. The van der Waals surface area contributed by atoms with Crippen molar-refractivity contribution in [3.63, 3.8) is 0 Å². The topological polar surface area (TPSA) is 9.23 Å². The third kappa shape index (κ3) is 3.43. The number of hydrogen-bond acceptors (Lipinski definition) is 1. The maximum absolute atomic E-state index is 5.27. The van der Waals surface area contributed by atoms with Crippen LogP contribution in [0.25, 0.3) is 0 Å². The van der Waals surface area contributed by atoms with E-state index in [-0.39, 0.29) is 0 Å². The summed E-state index contributed by atoms with van der Waals surface area (Å²) in [6.45, 7) is 6.45.